The Morgan fingerprint density at radius 3 is 2.68 bits per heavy atom. The molecule has 4 rings (SSSR count). The lowest BCUT2D eigenvalue weighted by atomic mass is 10.1. The summed E-state index contributed by atoms with van der Waals surface area (Å²) in [6, 6.07) is 9.26. The molecule has 0 saturated carbocycles. The van der Waals surface area contributed by atoms with Crippen LogP contribution in [-0.4, -0.2) is 28.0 Å². The first-order valence-electron chi connectivity index (χ1n) is 9.06. The molecule has 1 N–H and O–H groups in total. The van der Waals surface area contributed by atoms with E-state index in [9.17, 15) is 9.59 Å². The van der Waals surface area contributed by atoms with Crippen LogP contribution in [0.15, 0.2) is 47.2 Å². The molecule has 0 radical (unpaired) electrons. The third-order valence-corrected chi connectivity index (χ3v) is 4.94. The van der Waals surface area contributed by atoms with E-state index in [0.717, 1.165) is 23.2 Å². The highest BCUT2D eigenvalue weighted by molar-refractivity contribution is 6.09. The molecule has 1 aliphatic rings. The molecule has 7 nitrogen and oxygen atoms in total. The molecule has 28 heavy (non-hydrogen) atoms. The van der Waals surface area contributed by atoms with E-state index >= 15 is 0 Å². The monoisotopic (exact) mass is 376 g/mol. The largest absolute Gasteiger partial charge is 0.360 e. The third-order valence-electron chi connectivity index (χ3n) is 4.94. The molecule has 0 aliphatic carbocycles. The minimum absolute atomic E-state index is 0.0186. The van der Waals surface area contributed by atoms with Gasteiger partial charge in [-0.05, 0) is 56.2 Å². The fourth-order valence-corrected chi connectivity index (χ4v) is 3.73. The van der Waals surface area contributed by atoms with Crippen molar-refractivity contribution in [2.75, 3.05) is 10.2 Å². The van der Waals surface area contributed by atoms with Crippen LogP contribution >= 0.6 is 0 Å². The number of carbonyl (C=O) groups excluding carboxylic acids is 2. The van der Waals surface area contributed by atoms with Gasteiger partial charge in [-0.2, -0.15) is 0 Å². The molecule has 0 bridgehead atoms. The number of anilines is 2. The zero-order valence-electron chi connectivity index (χ0n) is 15.9. The van der Waals surface area contributed by atoms with E-state index in [2.05, 4.69) is 15.5 Å². The molecule has 2 aromatic heterocycles. The maximum absolute atomic E-state index is 12.9. The Labute approximate surface area is 162 Å². The average molecular weight is 376 g/mol. The van der Waals surface area contributed by atoms with Gasteiger partial charge in [-0.3, -0.25) is 14.6 Å². The van der Waals surface area contributed by atoms with Crippen LogP contribution < -0.4 is 10.2 Å². The first-order chi connectivity index (χ1) is 13.5. The van der Waals surface area contributed by atoms with Gasteiger partial charge in [0.25, 0.3) is 5.91 Å². The highest BCUT2D eigenvalue weighted by Gasteiger charge is 2.29. The number of aryl methyl sites for hydroxylation is 1. The van der Waals surface area contributed by atoms with Crippen molar-refractivity contribution < 1.29 is 14.1 Å². The van der Waals surface area contributed by atoms with Gasteiger partial charge in [0.05, 0.1) is 0 Å². The van der Waals surface area contributed by atoms with Gasteiger partial charge in [0, 0.05) is 42.3 Å². The molecule has 0 fully saturated rings. The van der Waals surface area contributed by atoms with Crippen LogP contribution in [0.25, 0.3) is 11.3 Å². The summed E-state index contributed by atoms with van der Waals surface area (Å²) in [6.07, 6.45) is 4.04. The van der Waals surface area contributed by atoms with Crippen molar-refractivity contribution in [3.05, 3.63) is 59.6 Å². The van der Waals surface area contributed by atoms with E-state index in [4.69, 9.17) is 4.52 Å². The van der Waals surface area contributed by atoms with Gasteiger partial charge in [0.2, 0.25) is 5.91 Å². The quantitative estimate of drug-likeness (QED) is 0.755. The van der Waals surface area contributed by atoms with E-state index in [1.807, 2.05) is 19.1 Å². The Hall–Kier alpha value is -3.48. The van der Waals surface area contributed by atoms with Crippen molar-refractivity contribution >= 4 is 23.2 Å². The van der Waals surface area contributed by atoms with Gasteiger partial charge in [-0.1, -0.05) is 5.16 Å². The molecule has 1 atom stereocenters. The van der Waals surface area contributed by atoms with Crippen LogP contribution in [0.1, 0.15) is 35.5 Å². The van der Waals surface area contributed by atoms with Crippen LogP contribution in [0.2, 0.25) is 0 Å². The van der Waals surface area contributed by atoms with Crippen molar-refractivity contribution in [3.8, 4) is 11.3 Å². The van der Waals surface area contributed by atoms with Crippen LogP contribution in [-0.2, 0) is 11.2 Å². The first kappa shape index (κ1) is 17.9. The lowest BCUT2D eigenvalue weighted by molar-refractivity contribution is -0.116. The summed E-state index contributed by atoms with van der Waals surface area (Å²) < 4.78 is 5.26. The van der Waals surface area contributed by atoms with Gasteiger partial charge in [-0.15, -0.1) is 0 Å². The Morgan fingerprint density at radius 1 is 1.21 bits per heavy atom. The number of hydrogen-bond donors (Lipinski definition) is 1. The Bertz CT molecular complexity index is 1060. The van der Waals surface area contributed by atoms with Crippen molar-refractivity contribution in [1.82, 2.24) is 10.1 Å². The summed E-state index contributed by atoms with van der Waals surface area (Å²) in [5.41, 5.74) is 4.24. The van der Waals surface area contributed by atoms with Crippen LogP contribution in [0.5, 0.6) is 0 Å². The van der Waals surface area contributed by atoms with Gasteiger partial charge >= 0.3 is 0 Å². The minimum Gasteiger partial charge on any atom is -0.360 e. The number of rotatable bonds is 3. The molecule has 1 unspecified atom stereocenters. The molecular weight excluding hydrogens is 356 g/mol. The first-order valence-corrected chi connectivity index (χ1v) is 9.06. The fourth-order valence-electron chi connectivity index (χ4n) is 3.73. The second-order valence-corrected chi connectivity index (χ2v) is 6.94. The van der Waals surface area contributed by atoms with Crippen LogP contribution in [0, 0.1) is 6.92 Å². The lowest BCUT2D eigenvalue weighted by Crippen LogP contribution is -2.33. The second kappa shape index (κ2) is 6.92. The smallest absolute Gasteiger partial charge is 0.261 e. The highest BCUT2D eigenvalue weighted by atomic mass is 16.5. The molecule has 2 amide bonds. The molecule has 3 heterocycles. The van der Waals surface area contributed by atoms with Crippen molar-refractivity contribution in [2.24, 2.45) is 0 Å². The molecule has 0 saturated heterocycles. The Kier molecular flexibility index (Phi) is 4.43. The highest BCUT2D eigenvalue weighted by Crippen LogP contribution is 2.34. The van der Waals surface area contributed by atoms with Gasteiger partial charge in [0.1, 0.15) is 17.0 Å². The number of fused-ring (bicyclic) bond motifs is 1. The molecule has 142 valence electrons. The number of hydrogen-bond acceptors (Lipinski definition) is 5. The standard InChI is InChI=1S/C21H20N4O3/c1-12-10-16-11-17(4-5-18(16)25(12)14(3)26)23-21(27)19-13(2)28-24-20(19)15-6-8-22-9-7-15/h4-9,11-12H,10H2,1-3H3,(H,23,27). The lowest BCUT2D eigenvalue weighted by Gasteiger charge is -2.20. The van der Waals surface area contributed by atoms with Gasteiger partial charge < -0.3 is 14.7 Å². The summed E-state index contributed by atoms with van der Waals surface area (Å²) in [6.45, 7) is 5.29. The SMILES string of the molecule is CC(=O)N1c2ccc(NC(=O)c3c(-c4ccncc4)noc3C)cc2CC1C. The number of nitrogens with zero attached hydrogens (tertiary/aromatic N) is 3. The molecule has 3 aromatic rings. The van der Waals surface area contributed by atoms with E-state index < -0.39 is 0 Å². The van der Waals surface area contributed by atoms with Crippen LogP contribution in [0.3, 0.4) is 0 Å². The Morgan fingerprint density at radius 2 is 1.96 bits per heavy atom. The maximum Gasteiger partial charge on any atom is 0.261 e. The molecule has 7 heteroatoms. The fraction of sp³-hybridized carbons (Fsp3) is 0.238. The molecule has 1 aliphatic heterocycles. The topological polar surface area (TPSA) is 88.3 Å². The van der Waals surface area contributed by atoms with Crippen LogP contribution in [0.4, 0.5) is 11.4 Å². The van der Waals surface area contributed by atoms with Crippen molar-refractivity contribution in [2.45, 2.75) is 33.2 Å². The number of nitrogens with one attached hydrogen (secondary N) is 1. The van der Waals surface area contributed by atoms with E-state index in [0.29, 0.717) is 22.7 Å². The summed E-state index contributed by atoms with van der Waals surface area (Å²) in [5, 5.41) is 6.96. The van der Waals surface area contributed by atoms with Gasteiger partial charge in [-0.25, -0.2) is 0 Å². The summed E-state index contributed by atoms with van der Waals surface area (Å²) >= 11 is 0. The van der Waals surface area contributed by atoms with Crippen molar-refractivity contribution in [1.29, 1.82) is 0 Å². The Balaban J connectivity index is 1.62. The summed E-state index contributed by atoms with van der Waals surface area (Å²) in [5.74, 6) is 0.173. The number of carbonyl (C=O) groups is 2. The molecule has 1 aromatic carbocycles. The number of aromatic nitrogens is 2. The zero-order valence-corrected chi connectivity index (χ0v) is 15.9. The second-order valence-electron chi connectivity index (χ2n) is 6.94. The third kappa shape index (κ3) is 3.05. The van der Waals surface area contributed by atoms with Gasteiger partial charge in [0.15, 0.2) is 0 Å². The predicted molar refractivity (Wildman–Crippen MR) is 105 cm³/mol. The molecular formula is C21H20N4O3. The average Bonchev–Trinajstić information content (AvgIpc) is 3.21. The molecule has 0 spiro atoms. The van der Waals surface area contributed by atoms with E-state index in [1.54, 1.807) is 49.3 Å². The summed E-state index contributed by atoms with van der Waals surface area (Å²) in [4.78, 5) is 30.6. The number of amides is 2. The predicted octanol–water partition coefficient (Wildman–Crippen LogP) is 3.59. The summed E-state index contributed by atoms with van der Waals surface area (Å²) in [7, 11) is 0. The maximum atomic E-state index is 12.9. The van der Waals surface area contributed by atoms with Crippen molar-refractivity contribution in [3.63, 3.8) is 0 Å². The van der Waals surface area contributed by atoms with E-state index in [1.165, 1.54) is 0 Å². The number of benzene rings is 1. The normalized spacial score (nSPS) is 15.4. The number of pyridine rings is 1. The minimum atomic E-state index is -0.292. The van der Waals surface area contributed by atoms with E-state index in [-0.39, 0.29) is 17.9 Å². The zero-order chi connectivity index (χ0) is 19.8.